The smallest absolute Gasteiger partial charge is 0.278 e. The van der Waals surface area contributed by atoms with E-state index in [0.717, 1.165) is 0 Å². The molecule has 1 aromatic heterocycles. The van der Waals surface area contributed by atoms with Crippen LogP contribution in [0.15, 0.2) is 6.20 Å². The number of nitrogens with one attached hydrogen (secondary N) is 1. The molecule has 0 aliphatic carbocycles. The van der Waals surface area contributed by atoms with Crippen LogP contribution in [0.25, 0.3) is 0 Å². The van der Waals surface area contributed by atoms with Gasteiger partial charge in [-0.25, -0.2) is 15.4 Å². The third-order valence-electron chi connectivity index (χ3n) is 1.93. The van der Waals surface area contributed by atoms with E-state index in [0.29, 0.717) is 12.1 Å². The lowest BCUT2D eigenvalue weighted by atomic mass is 9.89. The van der Waals surface area contributed by atoms with E-state index < -0.39 is 5.91 Å². The van der Waals surface area contributed by atoms with Crippen LogP contribution in [-0.2, 0) is 6.42 Å². The summed E-state index contributed by atoms with van der Waals surface area (Å²) >= 11 is 0. The summed E-state index contributed by atoms with van der Waals surface area (Å²) in [6, 6.07) is 0. The van der Waals surface area contributed by atoms with E-state index in [1.807, 2.05) is 20.8 Å². The van der Waals surface area contributed by atoms with Crippen LogP contribution in [0.2, 0.25) is 0 Å². The number of nitrogens with zero attached hydrogens (tertiary/aromatic N) is 2. The molecule has 0 aliphatic rings. The van der Waals surface area contributed by atoms with E-state index >= 15 is 0 Å². The van der Waals surface area contributed by atoms with Crippen LogP contribution < -0.4 is 11.2 Å². The van der Waals surface area contributed by atoms with Crippen LogP contribution in [-0.4, -0.2) is 21.1 Å². The summed E-state index contributed by atoms with van der Waals surface area (Å²) in [5.74, 6) is -0.506. The van der Waals surface area contributed by atoms with Crippen molar-refractivity contribution in [3.05, 3.63) is 17.5 Å². The number of aromatic nitrogens is 2. The number of hydroxylamine groups is 1. The Labute approximate surface area is 93.9 Å². The highest BCUT2D eigenvalue weighted by atomic mass is 16.5. The van der Waals surface area contributed by atoms with E-state index in [-0.39, 0.29) is 16.9 Å². The van der Waals surface area contributed by atoms with Gasteiger partial charge in [0.15, 0.2) is 0 Å². The quantitative estimate of drug-likeness (QED) is 0.508. The molecule has 1 aromatic rings. The van der Waals surface area contributed by atoms with Gasteiger partial charge in [0.25, 0.3) is 5.91 Å². The van der Waals surface area contributed by atoms with Crippen LogP contribution in [0.5, 0.6) is 0 Å². The minimum Gasteiger partial charge on any atom is -0.368 e. The number of carbonyl (C=O) groups is 1. The number of hydrogen-bond acceptors (Lipinski definition) is 5. The average molecular weight is 224 g/mol. The highest BCUT2D eigenvalue weighted by Crippen LogP contribution is 2.21. The normalized spacial score (nSPS) is 11.2. The summed E-state index contributed by atoms with van der Waals surface area (Å²) in [6.07, 6.45) is 1.89. The molecule has 0 fully saturated rings. The molecule has 0 saturated heterocycles. The Morgan fingerprint density at radius 3 is 2.69 bits per heavy atom. The van der Waals surface area contributed by atoms with E-state index in [1.54, 1.807) is 5.48 Å². The van der Waals surface area contributed by atoms with Gasteiger partial charge in [0.2, 0.25) is 5.95 Å². The molecule has 0 radical (unpaired) electrons. The molecule has 6 nitrogen and oxygen atoms in total. The molecule has 0 unspecified atom stereocenters. The molecule has 0 spiro atoms. The van der Waals surface area contributed by atoms with E-state index in [2.05, 4.69) is 9.97 Å². The molecule has 0 saturated carbocycles. The van der Waals surface area contributed by atoms with E-state index in [9.17, 15) is 4.79 Å². The zero-order valence-electron chi connectivity index (χ0n) is 9.61. The van der Waals surface area contributed by atoms with Crippen molar-refractivity contribution >= 4 is 11.9 Å². The molecular formula is C10H16N4O2. The van der Waals surface area contributed by atoms with Crippen molar-refractivity contribution in [3.8, 4) is 0 Å². The molecule has 1 rings (SSSR count). The van der Waals surface area contributed by atoms with Crippen LogP contribution in [0.1, 0.15) is 36.8 Å². The first-order valence-electron chi connectivity index (χ1n) is 4.89. The summed E-state index contributed by atoms with van der Waals surface area (Å²) in [6.45, 7) is 6.06. The van der Waals surface area contributed by atoms with Crippen LogP contribution in [0, 0.1) is 5.41 Å². The molecule has 1 amide bonds. The largest absolute Gasteiger partial charge is 0.368 e. The predicted octanol–water partition coefficient (Wildman–Crippen LogP) is 0.766. The molecule has 4 N–H and O–H groups in total. The number of amides is 1. The van der Waals surface area contributed by atoms with Crippen LogP contribution in [0.3, 0.4) is 0 Å². The zero-order valence-corrected chi connectivity index (χ0v) is 9.61. The topological polar surface area (TPSA) is 101 Å². The van der Waals surface area contributed by atoms with Gasteiger partial charge in [-0.1, -0.05) is 20.8 Å². The number of rotatable bonds is 2. The maximum Gasteiger partial charge on any atom is 0.278 e. The van der Waals surface area contributed by atoms with Gasteiger partial charge in [-0.05, 0) is 11.8 Å². The molecule has 0 bridgehead atoms. The van der Waals surface area contributed by atoms with Crippen molar-refractivity contribution in [1.82, 2.24) is 15.4 Å². The monoisotopic (exact) mass is 224 g/mol. The second kappa shape index (κ2) is 4.44. The summed E-state index contributed by atoms with van der Waals surface area (Å²) in [5.41, 5.74) is 7.78. The Morgan fingerprint density at radius 1 is 1.56 bits per heavy atom. The van der Waals surface area contributed by atoms with Crippen molar-refractivity contribution in [1.29, 1.82) is 0 Å². The Kier molecular flexibility index (Phi) is 3.44. The van der Waals surface area contributed by atoms with Crippen molar-refractivity contribution < 1.29 is 10.0 Å². The molecule has 0 aliphatic heterocycles. The average Bonchev–Trinajstić information content (AvgIpc) is 2.14. The molecule has 0 aromatic carbocycles. The summed E-state index contributed by atoms with van der Waals surface area (Å²) < 4.78 is 0. The Hall–Kier alpha value is -1.69. The maximum atomic E-state index is 11.3. The maximum absolute atomic E-state index is 11.3. The van der Waals surface area contributed by atoms with Gasteiger partial charge in [-0.3, -0.25) is 10.0 Å². The number of hydrogen-bond donors (Lipinski definition) is 3. The summed E-state index contributed by atoms with van der Waals surface area (Å²) in [7, 11) is 0. The Bertz CT molecular complexity index is 398. The van der Waals surface area contributed by atoms with Gasteiger partial charge in [-0.2, -0.15) is 0 Å². The van der Waals surface area contributed by atoms with Crippen molar-refractivity contribution in [2.24, 2.45) is 5.41 Å². The first-order valence-corrected chi connectivity index (χ1v) is 4.89. The first kappa shape index (κ1) is 12.4. The predicted molar refractivity (Wildman–Crippen MR) is 58.9 cm³/mol. The van der Waals surface area contributed by atoms with Gasteiger partial charge in [0.05, 0.1) is 11.3 Å². The Morgan fingerprint density at radius 2 is 2.19 bits per heavy atom. The van der Waals surface area contributed by atoms with E-state index in [4.69, 9.17) is 10.9 Å². The molecule has 1 heterocycles. The van der Waals surface area contributed by atoms with Gasteiger partial charge in [0.1, 0.15) is 0 Å². The van der Waals surface area contributed by atoms with Crippen LogP contribution in [0.4, 0.5) is 5.95 Å². The van der Waals surface area contributed by atoms with E-state index in [1.165, 1.54) is 6.20 Å². The van der Waals surface area contributed by atoms with Gasteiger partial charge in [0, 0.05) is 6.20 Å². The van der Waals surface area contributed by atoms with Crippen molar-refractivity contribution in [3.63, 3.8) is 0 Å². The van der Waals surface area contributed by atoms with Crippen LogP contribution >= 0.6 is 0 Å². The lowest BCUT2D eigenvalue weighted by Crippen LogP contribution is -2.23. The molecule has 88 valence electrons. The highest BCUT2D eigenvalue weighted by Gasteiger charge is 2.19. The fourth-order valence-electron chi connectivity index (χ4n) is 1.32. The third-order valence-corrected chi connectivity index (χ3v) is 1.93. The SMILES string of the molecule is CC(C)(C)Cc1nc(N)ncc1C(=O)NO. The molecular weight excluding hydrogens is 208 g/mol. The lowest BCUT2D eigenvalue weighted by molar-refractivity contribution is 0.0704. The number of nitrogen functional groups attached to an aromatic ring is 1. The van der Waals surface area contributed by atoms with Crippen molar-refractivity contribution in [2.45, 2.75) is 27.2 Å². The standard InChI is InChI=1S/C10H16N4O2/c1-10(2,3)4-7-6(8(15)14-16)5-12-9(11)13-7/h5,16H,4H2,1-3H3,(H,14,15)(H2,11,12,13). The fraction of sp³-hybridized carbons (Fsp3) is 0.500. The summed E-state index contributed by atoms with van der Waals surface area (Å²) in [4.78, 5) is 19.1. The second-order valence-corrected chi connectivity index (χ2v) is 4.77. The van der Waals surface area contributed by atoms with Gasteiger partial charge >= 0.3 is 0 Å². The second-order valence-electron chi connectivity index (χ2n) is 4.77. The van der Waals surface area contributed by atoms with Crippen molar-refractivity contribution in [2.75, 3.05) is 5.73 Å². The number of carbonyl (C=O) groups excluding carboxylic acids is 1. The molecule has 0 atom stereocenters. The number of nitrogens with two attached hydrogens (primary N) is 1. The fourth-order valence-corrected chi connectivity index (χ4v) is 1.32. The first-order chi connectivity index (χ1) is 7.33. The minimum absolute atomic E-state index is 0.0364. The Balaban J connectivity index is 3.13. The minimum atomic E-state index is -0.626. The highest BCUT2D eigenvalue weighted by molar-refractivity contribution is 5.94. The number of anilines is 1. The molecule has 16 heavy (non-hydrogen) atoms. The summed E-state index contributed by atoms with van der Waals surface area (Å²) in [5, 5.41) is 8.59. The van der Waals surface area contributed by atoms with Gasteiger partial charge < -0.3 is 5.73 Å². The molecule has 6 heteroatoms. The zero-order chi connectivity index (χ0) is 12.3. The van der Waals surface area contributed by atoms with Gasteiger partial charge in [-0.15, -0.1) is 0 Å². The lowest BCUT2D eigenvalue weighted by Gasteiger charge is -2.18. The third kappa shape index (κ3) is 3.16.